The van der Waals surface area contributed by atoms with Crippen molar-refractivity contribution in [3.63, 3.8) is 0 Å². The minimum Gasteiger partial charge on any atom is -0.476 e. The molecule has 162 valence electrons. The number of ether oxygens (including phenoxy) is 1. The van der Waals surface area contributed by atoms with Crippen molar-refractivity contribution in [2.24, 2.45) is 5.18 Å². The first kappa shape index (κ1) is 23.2. The zero-order chi connectivity index (χ0) is 22.9. The van der Waals surface area contributed by atoms with Crippen LogP contribution in [0.2, 0.25) is 0 Å². The summed E-state index contributed by atoms with van der Waals surface area (Å²) in [5.41, 5.74) is -5.12. The molecule has 1 amide bonds. The van der Waals surface area contributed by atoms with Gasteiger partial charge in [-0.2, -0.15) is 39.5 Å². The molecule has 0 fully saturated rings. The molecule has 0 aliphatic rings. The van der Waals surface area contributed by atoms with Gasteiger partial charge in [-0.1, -0.05) is 12.1 Å². The Balaban J connectivity index is 2.51. The summed E-state index contributed by atoms with van der Waals surface area (Å²) in [4.78, 5) is 22.3. The summed E-state index contributed by atoms with van der Waals surface area (Å²) in [7, 11) is 0. The van der Waals surface area contributed by atoms with Gasteiger partial charge in [-0.15, -0.1) is 4.91 Å². The Morgan fingerprint density at radius 2 is 1.17 bits per heavy atom. The lowest BCUT2D eigenvalue weighted by molar-refractivity contribution is -0.143. The lowest BCUT2D eigenvalue weighted by atomic mass is 10.1. The van der Waals surface area contributed by atoms with Crippen molar-refractivity contribution in [2.75, 3.05) is 0 Å². The summed E-state index contributed by atoms with van der Waals surface area (Å²) in [5, 5.41) is 1.99. The molecule has 0 radical (unpaired) electrons. The van der Waals surface area contributed by atoms with Crippen LogP contribution >= 0.6 is 0 Å². The maximum Gasteiger partial charge on any atom is 0.416 e. The van der Waals surface area contributed by atoms with E-state index >= 15 is 0 Å². The van der Waals surface area contributed by atoms with Crippen molar-refractivity contribution in [1.82, 2.24) is 0 Å². The number of hydrogen-bond donors (Lipinski definition) is 0. The number of carbonyl (C=O) groups excluding carboxylic acids is 1. The van der Waals surface area contributed by atoms with E-state index in [0.29, 0.717) is 24.3 Å². The van der Waals surface area contributed by atoms with Gasteiger partial charge >= 0.3 is 24.4 Å². The molecule has 1 unspecified atom stereocenters. The smallest absolute Gasteiger partial charge is 0.416 e. The number of rotatable bonds is 4. The second kappa shape index (κ2) is 7.95. The molecular formula is C17H8F9NO3. The summed E-state index contributed by atoms with van der Waals surface area (Å²) in [5.74, 6) is -2.78. The number of alkyl halides is 9. The molecule has 2 aromatic carbocycles. The molecule has 0 N–H and O–H groups in total. The summed E-state index contributed by atoms with van der Waals surface area (Å²) in [6.45, 7) is 0. The number of halogens is 9. The number of nitroso groups, excluding NO2 is 1. The average molecular weight is 445 g/mol. The molecular weight excluding hydrogens is 437 g/mol. The van der Waals surface area contributed by atoms with Crippen molar-refractivity contribution in [1.29, 1.82) is 0 Å². The van der Waals surface area contributed by atoms with Gasteiger partial charge in [0.15, 0.2) is 0 Å². The molecule has 2 rings (SSSR count). The van der Waals surface area contributed by atoms with E-state index in [2.05, 4.69) is 0 Å². The Kier molecular flexibility index (Phi) is 6.14. The van der Waals surface area contributed by atoms with Gasteiger partial charge in [0.1, 0.15) is 5.75 Å². The van der Waals surface area contributed by atoms with Gasteiger partial charge in [0.2, 0.25) is 6.10 Å². The number of nitrogens with zero attached hydrogens (tertiary/aromatic N) is 1. The van der Waals surface area contributed by atoms with Crippen molar-refractivity contribution in [3.8, 4) is 5.75 Å². The number of benzene rings is 2. The van der Waals surface area contributed by atoms with Crippen LogP contribution in [-0.2, 0) is 23.3 Å². The van der Waals surface area contributed by atoms with Crippen LogP contribution in [0, 0.1) is 4.91 Å². The van der Waals surface area contributed by atoms with Gasteiger partial charge in [0, 0.05) is 10.7 Å². The highest BCUT2D eigenvalue weighted by Crippen LogP contribution is 2.39. The molecule has 0 saturated carbocycles. The molecule has 0 heterocycles. The van der Waals surface area contributed by atoms with Crippen LogP contribution in [0.15, 0.2) is 47.6 Å². The third-order valence-corrected chi connectivity index (χ3v) is 3.67. The van der Waals surface area contributed by atoms with E-state index in [1.54, 1.807) is 0 Å². The van der Waals surface area contributed by atoms with E-state index in [4.69, 9.17) is 4.74 Å². The number of carbonyl (C=O) groups is 1. The molecule has 4 nitrogen and oxygen atoms in total. The van der Waals surface area contributed by atoms with Gasteiger partial charge < -0.3 is 4.74 Å². The van der Waals surface area contributed by atoms with E-state index in [9.17, 15) is 49.2 Å². The van der Waals surface area contributed by atoms with Crippen LogP contribution in [0.5, 0.6) is 5.75 Å². The summed E-state index contributed by atoms with van der Waals surface area (Å²) in [6, 6.07) is 2.41. The fourth-order valence-electron chi connectivity index (χ4n) is 2.29. The van der Waals surface area contributed by atoms with Crippen molar-refractivity contribution < 1.29 is 49.0 Å². The molecule has 30 heavy (non-hydrogen) atoms. The molecule has 13 heteroatoms. The van der Waals surface area contributed by atoms with Crippen LogP contribution in [0.25, 0.3) is 0 Å². The molecule has 2 aromatic rings. The van der Waals surface area contributed by atoms with Gasteiger partial charge in [0.05, 0.1) is 16.7 Å². The van der Waals surface area contributed by atoms with Crippen LogP contribution in [0.1, 0.15) is 28.4 Å². The molecule has 0 aliphatic heterocycles. The number of hydrogen-bond acceptors (Lipinski definition) is 3. The molecule has 0 spiro atoms. The third kappa shape index (κ3) is 5.48. The van der Waals surface area contributed by atoms with E-state index < -0.39 is 58.5 Å². The van der Waals surface area contributed by atoms with Crippen LogP contribution in [-0.4, -0.2) is 5.91 Å². The predicted molar refractivity (Wildman–Crippen MR) is 82.1 cm³/mol. The van der Waals surface area contributed by atoms with E-state index in [0.717, 1.165) is 0 Å². The first-order chi connectivity index (χ1) is 13.6. The Hall–Kier alpha value is -3.12. The first-order valence-corrected chi connectivity index (χ1v) is 7.63. The Labute approximate surface area is 161 Å². The van der Waals surface area contributed by atoms with E-state index in [1.807, 2.05) is 5.18 Å². The van der Waals surface area contributed by atoms with Crippen LogP contribution in [0.4, 0.5) is 39.5 Å². The SMILES string of the molecule is O=NC(=O)C(Oc1cc(C(F)(F)F)cc(C(F)(F)F)c1)c1ccc(C(F)(F)F)cc1. The monoisotopic (exact) mass is 445 g/mol. The lowest BCUT2D eigenvalue weighted by Gasteiger charge is -2.19. The van der Waals surface area contributed by atoms with Crippen LogP contribution < -0.4 is 4.74 Å². The number of amides is 1. The quantitative estimate of drug-likeness (QED) is 0.419. The van der Waals surface area contributed by atoms with Gasteiger partial charge in [0.25, 0.3) is 0 Å². The molecule has 0 saturated heterocycles. The van der Waals surface area contributed by atoms with Gasteiger partial charge in [-0.25, -0.2) is 0 Å². The zero-order valence-corrected chi connectivity index (χ0v) is 14.2. The Bertz CT molecular complexity index is 899. The molecule has 0 aromatic heterocycles. The highest BCUT2D eigenvalue weighted by molar-refractivity contribution is 5.83. The summed E-state index contributed by atoms with van der Waals surface area (Å²) in [6.07, 6.45) is -17.4. The standard InChI is InChI=1S/C17H8F9NO3/c18-15(19,20)9-3-1-8(2-4-9)13(14(28)27-29)30-12-6-10(16(21,22)23)5-11(7-12)17(24,25)26/h1-7,13H. The fraction of sp³-hybridized carbons (Fsp3) is 0.235. The first-order valence-electron chi connectivity index (χ1n) is 7.63. The van der Waals surface area contributed by atoms with E-state index in [1.165, 1.54) is 0 Å². The van der Waals surface area contributed by atoms with Gasteiger partial charge in [-0.05, 0) is 30.3 Å². The highest BCUT2D eigenvalue weighted by atomic mass is 19.4. The van der Waals surface area contributed by atoms with Gasteiger partial charge in [-0.3, -0.25) is 4.79 Å². The topological polar surface area (TPSA) is 55.7 Å². The van der Waals surface area contributed by atoms with Crippen molar-refractivity contribution >= 4 is 5.91 Å². The average Bonchev–Trinajstić information content (AvgIpc) is 2.63. The zero-order valence-electron chi connectivity index (χ0n) is 14.2. The van der Waals surface area contributed by atoms with Crippen molar-refractivity contribution in [3.05, 3.63) is 69.6 Å². The highest BCUT2D eigenvalue weighted by Gasteiger charge is 2.38. The van der Waals surface area contributed by atoms with Crippen molar-refractivity contribution in [2.45, 2.75) is 24.6 Å². The fourth-order valence-corrected chi connectivity index (χ4v) is 2.29. The largest absolute Gasteiger partial charge is 0.476 e. The molecule has 0 bridgehead atoms. The second-order valence-corrected chi connectivity index (χ2v) is 5.79. The van der Waals surface area contributed by atoms with Crippen LogP contribution in [0.3, 0.4) is 0 Å². The predicted octanol–water partition coefficient (Wildman–Crippen LogP) is 6.16. The summed E-state index contributed by atoms with van der Waals surface area (Å²) >= 11 is 0. The summed E-state index contributed by atoms with van der Waals surface area (Å²) < 4.78 is 120. The maximum absolute atomic E-state index is 12.9. The Morgan fingerprint density at radius 3 is 1.53 bits per heavy atom. The minimum atomic E-state index is -5.21. The Morgan fingerprint density at radius 1 is 0.733 bits per heavy atom. The lowest BCUT2D eigenvalue weighted by Crippen LogP contribution is -2.18. The maximum atomic E-state index is 12.9. The molecule has 1 atom stereocenters. The normalized spacial score (nSPS) is 13.6. The second-order valence-electron chi connectivity index (χ2n) is 5.79. The minimum absolute atomic E-state index is 0.143. The molecule has 0 aliphatic carbocycles. The third-order valence-electron chi connectivity index (χ3n) is 3.67. The van der Waals surface area contributed by atoms with E-state index in [-0.39, 0.29) is 18.2 Å².